The van der Waals surface area contributed by atoms with E-state index in [1.165, 1.54) is 6.92 Å². The van der Waals surface area contributed by atoms with E-state index in [0.29, 0.717) is 16.3 Å². The van der Waals surface area contributed by atoms with Gasteiger partial charge in [-0.3, -0.25) is 4.79 Å². The molecule has 0 atom stereocenters. The second kappa shape index (κ2) is 3.79. The number of benzene rings is 1. The Morgan fingerprint density at radius 2 is 2.08 bits per heavy atom. The van der Waals surface area contributed by atoms with Crippen molar-refractivity contribution in [1.82, 2.24) is 0 Å². The first-order valence-corrected chi connectivity index (χ1v) is 4.29. The summed E-state index contributed by atoms with van der Waals surface area (Å²) in [5.41, 5.74) is 1.42. The zero-order valence-corrected chi connectivity index (χ0v) is 8.61. The van der Waals surface area contributed by atoms with Crippen LogP contribution in [0.2, 0.25) is 5.02 Å². The minimum Gasteiger partial charge on any atom is -0.495 e. The smallest absolute Gasteiger partial charge is 0.160 e. The van der Waals surface area contributed by atoms with Crippen molar-refractivity contribution in [3.05, 3.63) is 28.3 Å². The number of ketones is 1. The Balaban J connectivity index is 3.31. The van der Waals surface area contributed by atoms with Crippen LogP contribution in [0.5, 0.6) is 5.75 Å². The maximum absolute atomic E-state index is 11.1. The second-order valence-electron chi connectivity index (χ2n) is 2.81. The van der Waals surface area contributed by atoms with Crippen LogP contribution in [0, 0.1) is 6.92 Å². The first-order valence-electron chi connectivity index (χ1n) is 3.92. The molecule has 0 aliphatic carbocycles. The standard InChI is InChI=1S/C10H11ClO2/c1-6-8(7(2)12)4-5-9(13-3)10(6)11/h4-5H,1-3H3. The van der Waals surface area contributed by atoms with Crippen LogP contribution in [0.3, 0.4) is 0 Å². The van der Waals surface area contributed by atoms with Gasteiger partial charge in [-0.2, -0.15) is 0 Å². The highest BCUT2D eigenvalue weighted by Gasteiger charge is 2.10. The molecule has 0 saturated carbocycles. The van der Waals surface area contributed by atoms with Gasteiger partial charge in [-0.15, -0.1) is 0 Å². The number of Topliss-reactive ketones (excluding diaryl/α,β-unsaturated/α-hetero) is 1. The van der Waals surface area contributed by atoms with E-state index in [9.17, 15) is 4.79 Å². The van der Waals surface area contributed by atoms with Crippen molar-refractivity contribution in [2.75, 3.05) is 7.11 Å². The van der Waals surface area contributed by atoms with Crippen LogP contribution >= 0.6 is 11.6 Å². The molecule has 0 unspecified atom stereocenters. The molecule has 0 aliphatic rings. The molecule has 0 radical (unpaired) electrons. The summed E-state index contributed by atoms with van der Waals surface area (Å²) < 4.78 is 5.02. The molecule has 2 nitrogen and oxygen atoms in total. The lowest BCUT2D eigenvalue weighted by atomic mass is 10.1. The lowest BCUT2D eigenvalue weighted by molar-refractivity contribution is 0.101. The Morgan fingerprint density at radius 3 is 2.54 bits per heavy atom. The monoisotopic (exact) mass is 198 g/mol. The fraction of sp³-hybridized carbons (Fsp3) is 0.300. The number of hydrogen-bond donors (Lipinski definition) is 0. The minimum absolute atomic E-state index is 0.0158. The molecule has 3 heteroatoms. The molecular weight excluding hydrogens is 188 g/mol. The molecule has 0 bridgehead atoms. The Labute approximate surface area is 82.5 Å². The van der Waals surface area contributed by atoms with Crippen LogP contribution in [0.1, 0.15) is 22.8 Å². The van der Waals surface area contributed by atoms with Crippen LogP contribution in [-0.4, -0.2) is 12.9 Å². The van der Waals surface area contributed by atoms with Gasteiger partial charge in [-0.05, 0) is 31.5 Å². The molecule has 0 heterocycles. The second-order valence-corrected chi connectivity index (χ2v) is 3.19. The van der Waals surface area contributed by atoms with Crippen molar-refractivity contribution in [2.24, 2.45) is 0 Å². The number of ether oxygens (including phenoxy) is 1. The summed E-state index contributed by atoms with van der Waals surface area (Å²) in [6, 6.07) is 3.43. The molecule has 13 heavy (non-hydrogen) atoms. The van der Waals surface area contributed by atoms with E-state index in [4.69, 9.17) is 16.3 Å². The summed E-state index contributed by atoms with van der Waals surface area (Å²) in [5, 5.41) is 0.509. The summed E-state index contributed by atoms with van der Waals surface area (Å²) in [6.07, 6.45) is 0. The largest absolute Gasteiger partial charge is 0.495 e. The highest BCUT2D eigenvalue weighted by Crippen LogP contribution is 2.29. The molecule has 70 valence electrons. The van der Waals surface area contributed by atoms with E-state index < -0.39 is 0 Å². The lowest BCUT2D eigenvalue weighted by Crippen LogP contribution is -1.97. The third-order valence-corrected chi connectivity index (χ3v) is 2.42. The topological polar surface area (TPSA) is 26.3 Å². The van der Waals surface area contributed by atoms with E-state index in [0.717, 1.165) is 5.56 Å². The zero-order chi connectivity index (χ0) is 10.0. The van der Waals surface area contributed by atoms with Gasteiger partial charge in [-0.25, -0.2) is 0 Å². The van der Waals surface area contributed by atoms with Gasteiger partial charge in [0.15, 0.2) is 5.78 Å². The number of rotatable bonds is 2. The van der Waals surface area contributed by atoms with Crippen LogP contribution < -0.4 is 4.74 Å². The normalized spacial score (nSPS) is 9.85. The molecule has 0 spiro atoms. The van der Waals surface area contributed by atoms with E-state index in [1.54, 1.807) is 19.2 Å². The Hall–Kier alpha value is -1.02. The van der Waals surface area contributed by atoms with Crippen molar-refractivity contribution in [2.45, 2.75) is 13.8 Å². The number of hydrogen-bond acceptors (Lipinski definition) is 2. The fourth-order valence-corrected chi connectivity index (χ4v) is 1.44. The summed E-state index contributed by atoms with van der Waals surface area (Å²) in [6.45, 7) is 3.33. The van der Waals surface area contributed by atoms with Crippen molar-refractivity contribution < 1.29 is 9.53 Å². The van der Waals surface area contributed by atoms with Gasteiger partial charge < -0.3 is 4.74 Å². The molecule has 0 aromatic heterocycles. The van der Waals surface area contributed by atoms with Gasteiger partial charge in [0.1, 0.15) is 5.75 Å². The van der Waals surface area contributed by atoms with Gasteiger partial charge in [0, 0.05) is 5.56 Å². The molecule has 1 rings (SSSR count). The average molecular weight is 199 g/mol. The molecule has 0 aliphatic heterocycles. The van der Waals surface area contributed by atoms with E-state index in [1.807, 2.05) is 6.92 Å². The van der Waals surface area contributed by atoms with Crippen LogP contribution in [0.15, 0.2) is 12.1 Å². The van der Waals surface area contributed by atoms with Gasteiger partial charge >= 0.3 is 0 Å². The van der Waals surface area contributed by atoms with Crippen molar-refractivity contribution in [3.8, 4) is 5.75 Å². The number of methoxy groups -OCH3 is 1. The molecule has 0 amide bonds. The van der Waals surface area contributed by atoms with Gasteiger partial charge in [0.2, 0.25) is 0 Å². The Bertz CT molecular complexity index is 345. The fourth-order valence-electron chi connectivity index (χ4n) is 1.20. The minimum atomic E-state index is 0.0158. The third-order valence-electron chi connectivity index (χ3n) is 1.95. The summed E-state index contributed by atoms with van der Waals surface area (Å²) >= 11 is 5.97. The Kier molecular flexibility index (Phi) is 2.94. The van der Waals surface area contributed by atoms with Crippen molar-refractivity contribution in [1.29, 1.82) is 0 Å². The highest BCUT2D eigenvalue weighted by molar-refractivity contribution is 6.33. The van der Waals surface area contributed by atoms with Gasteiger partial charge in [-0.1, -0.05) is 11.6 Å². The summed E-state index contributed by atoms with van der Waals surface area (Å²) in [7, 11) is 1.55. The molecule has 0 fully saturated rings. The molecule has 1 aromatic rings. The van der Waals surface area contributed by atoms with Crippen molar-refractivity contribution >= 4 is 17.4 Å². The average Bonchev–Trinajstić information content (AvgIpc) is 2.09. The molecule has 0 saturated heterocycles. The first-order chi connectivity index (χ1) is 6.07. The van der Waals surface area contributed by atoms with Gasteiger partial charge in [0.05, 0.1) is 12.1 Å². The van der Waals surface area contributed by atoms with E-state index >= 15 is 0 Å². The molecule has 0 N–H and O–H groups in total. The number of halogens is 1. The van der Waals surface area contributed by atoms with Crippen LogP contribution in [0.25, 0.3) is 0 Å². The summed E-state index contributed by atoms with van der Waals surface area (Å²) in [5.74, 6) is 0.617. The first kappa shape index (κ1) is 10.1. The van der Waals surface area contributed by atoms with Crippen molar-refractivity contribution in [3.63, 3.8) is 0 Å². The lowest BCUT2D eigenvalue weighted by Gasteiger charge is -2.08. The van der Waals surface area contributed by atoms with Crippen LogP contribution in [0.4, 0.5) is 0 Å². The maximum Gasteiger partial charge on any atom is 0.160 e. The predicted octanol–water partition coefficient (Wildman–Crippen LogP) is 2.86. The number of carbonyl (C=O) groups is 1. The number of carbonyl (C=O) groups excluding carboxylic acids is 1. The predicted molar refractivity (Wildman–Crippen MR) is 52.7 cm³/mol. The van der Waals surface area contributed by atoms with E-state index in [2.05, 4.69) is 0 Å². The Morgan fingerprint density at radius 1 is 1.46 bits per heavy atom. The van der Waals surface area contributed by atoms with Crippen LogP contribution in [-0.2, 0) is 0 Å². The maximum atomic E-state index is 11.1. The summed E-state index contributed by atoms with van der Waals surface area (Å²) in [4.78, 5) is 11.1. The zero-order valence-electron chi connectivity index (χ0n) is 7.85. The molecule has 1 aromatic carbocycles. The SMILES string of the molecule is COc1ccc(C(C)=O)c(C)c1Cl. The highest BCUT2D eigenvalue weighted by atomic mass is 35.5. The molecular formula is C10H11ClO2. The quantitative estimate of drug-likeness (QED) is 0.684. The van der Waals surface area contributed by atoms with E-state index in [-0.39, 0.29) is 5.78 Å². The third kappa shape index (κ3) is 1.83. The van der Waals surface area contributed by atoms with Gasteiger partial charge in [0.25, 0.3) is 0 Å².